The minimum atomic E-state index is -0.0940. The SMILES string of the molecule is CC(C)NCc1ccc(OCC(=O)NCC2CC2)c(Cl)c1. The number of ether oxygens (including phenoxy) is 1. The van der Waals surface area contributed by atoms with E-state index in [0.29, 0.717) is 22.7 Å². The van der Waals surface area contributed by atoms with Crippen LogP contribution >= 0.6 is 11.6 Å². The minimum Gasteiger partial charge on any atom is -0.482 e. The van der Waals surface area contributed by atoms with Crippen LogP contribution in [0.1, 0.15) is 32.3 Å². The lowest BCUT2D eigenvalue weighted by Gasteiger charge is -2.11. The molecule has 116 valence electrons. The zero-order valence-corrected chi connectivity index (χ0v) is 13.4. The van der Waals surface area contributed by atoms with E-state index < -0.39 is 0 Å². The third kappa shape index (κ3) is 5.94. The summed E-state index contributed by atoms with van der Waals surface area (Å²) in [6.45, 7) is 5.73. The fourth-order valence-electron chi connectivity index (χ4n) is 1.87. The van der Waals surface area contributed by atoms with Gasteiger partial charge in [-0.3, -0.25) is 4.79 Å². The first-order valence-electron chi connectivity index (χ1n) is 7.46. The Morgan fingerprint density at radius 3 is 2.81 bits per heavy atom. The normalized spacial score (nSPS) is 14.3. The van der Waals surface area contributed by atoms with Crippen LogP contribution in [0.5, 0.6) is 5.75 Å². The van der Waals surface area contributed by atoms with Crippen molar-refractivity contribution in [2.24, 2.45) is 5.92 Å². The number of hydrogen-bond acceptors (Lipinski definition) is 3. The van der Waals surface area contributed by atoms with Gasteiger partial charge < -0.3 is 15.4 Å². The summed E-state index contributed by atoms with van der Waals surface area (Å²) < 4.78 is 5.47. The van der Waals surface area contributed by atoms with Crippen LogP contribution in [-0.4, -0.2) is 25.1 Å². The molecule has 4 nitrogen and oxygen atoms in total. The second-order valence-corrected chi connectivity index (χ2v) is 6.24. The van der Waals surface area contributed by atoms with Crippen molar-refractivity contribution in [3.05, 3.63) is 28.8 Å². The molecule has 2 N–H and O–H groups in total. The van der Waals surface area contributed by atoms with E-state index >= 15 is 0 Å². The molecule has 0 aliphatic heterocycles. The Kier molecular flexibility index (Phi) is 5.88. The van der Waals surface area contributed by atoms with Crippen molar-refractivity contribution in [1.29, 1.82) is 0 Å². The lowest BCUT2D eigenvalue weighted by Crippen LogP contribution is -2.30. The van der Waals surface area contributed by atoms with Crippen molar-refractivity contribution in [2.75, 3.05) is 13.2 Å². The summed E-state index contributed by atoms with van der Waals surface area (Å²) in [6.07, 6.45) is 2.44. The maximum Gasteiger partial charge on any atom is 0.257 e. The van der Waals surface area contributed by atoms with Gasteiger partial charge in [0.05, 0.1) is 5.02 Å². The van der Waals surface area contributed by atoms with Crippen LogP contribution < -0.4 is 15.4 Å². The Bertz CT molecular complexity index is 487. The lowest BCUT2D eigenvalue weighted by molar-refractivity contribution is -0.123. The Morgan fingerprint density at radius 2 is 2.19 bits per heavy atom. The molecule has 0 atom stereocenters. The van der Waals surface area contributed by atoms with Crippen LogP contribution in [0.4, 0.5) is 0 Å². The molecule has 0 unspecified atom stereocenters. The van der Waals surface area contributed by atoms with E-state index in [-0.39, 0.29) is 12.5 Å². The molecular weight excluding hydrogens is 288 g/mol. The predicted octanol–water partition coefficient (Wildman–Crippen LogP) is 2.74. The van der Waals surface area contributed by atoms with Crippen LogP contribution in [0.2, 0.25) is 5.02 Å². The quantitative estimate of drug-likeness (QED) is 0.776. The molecule has 0 bridgehead atoms. The van der Waals surface area contributed by atoms with Gasteiger partial charge in [-0.1, -0.05) is 31.5 Å². The van der Waals surface area contributed by atoms with Crippen molar-refractivity contribution in [1.82, 2.24) is 10.6 Å². The van der Waals surface area contributed by atoms with Crippen LogP contribution in [0.3, 0.4) is 0 Å². The summed E-state index contributed by atoms with van der Waals surface area (Å²) in [5.41, 5.74) is 1.10. The van der Waals surface area contributed by atoms with E-state index in [0.717, 1.165) is 18.7 Å². The van der Waals surface area contributed by atoms with Gasteiger partial charge in [0, 0.05) is 19.1 Å². The monoisotopic (exact) mass is 310 g/mol. The standard InChI is InChI=1S/C16H23ClN2O2/c1-11(2)18-9-13-5-6-15(14(17)7-13)21-10-16(20)19-8-12-3-4-12/h5-7,11-12,18H,3-4,8-10H2,1-2H3,(H,19,20). The second kappa shape index (κ2) is 7.66. The molecule has 0 spiro atoms. The van der Waals surface area contributed by atoms with Crippen LogP contribution in [0.15, 0.2) is 18.2 Å². The second-order valence-electron chi connectivity index (χ2n) is 5.84. The molecule has 1 aliphatic carbocycles. The van der Waals surface area contributed by atoms with Gasteiger partial charge >= 0.3 is 0 Å². The van der Waals surface area contributed by atoms with Gasteiger partial charge in [-0.15, -0.1) is 0 Å². The van der Waals surface area contributed by atoms with E-state index in [1.54, 1.807) is 0 Å². The summed E-state index contributed by atoms with van der Waals surface area (Å²) in [5.74, 6) is 1.13. The summed E-state index contributed by atoms with van der Waals surface area (Å²) in [6, 6.07) is 6.07. The summed E-state index contributed by atoms with van der Waals surface area (Å²) >= 11 is 6.18. The fraction of sp³-hybridized carbons (Fsp3) is 0.562. The van der Waals surface area contributed by atoms with Crippen molar-refractivity contribution in [3.63, 3.8) is 0 Å². The molecule has 1 amide bonds. The number of nitrogens with one attached hydrogen (secondary N) is 2. The van der Waals surface area contributed by atoms with Gasteiger partial charge in [0.25, 0.3) is 5.91 Å². The summed E-state index contributed by atoms with van der Waals surface area (Å²) in [7, 11) is 0. The number of hydrogen-bond donors (Lipinski definition) is 2. The van der Waals surface area contributed by atoms with Crippen molar-refractivity contribution in [2.45, 2.75) is 39.3 Å². The number of amides is 1. The van der Waals surface area contributed by atoms with E-state index in [2.05, 4.69) is 24.5 Å². The molecule has 1 aromatic rings. The Balaban J connectivity index is 1.78. The summed E-state index contributed by atoms with van der Waals surface area (Å²) in [4.78, 5) is 11.6. The topological polar surface area (TPSA) is 50.4 Å². The van der Waals surface area contributed by atoms with Gasteiger partial charge in [-0.2, -0.15) is 0 Å². The van der Waals surface area contributed by atoms with Gasteiger partial charge in [0.2, 0.25) is 0 Å². The smallest absolute Gasteiger partial charge is 0.257 e. The van der Waals surface area contributed by atoms with Crippen molar-refractivity contribution < 1.29 is 9.53 Å². The van der Waals surface area contributed by atoms with Gasteiger partial charge in [-0.05, 0) is 36.5 Å². The zero-order chi connectivity index (χ0) is 15.2. The molecule has 2 rings (SSSR count). The Morgan fingerprint density at radius 1 is 1.43 bits per heavy atom. The first-order chi connectivity index (χ1) is 10.0. The van der Waals surface area contributed by atoms with Crippen molar-refractivity contribution >= 4 is 17.5 Å². The molecule has 0 radical (unpaired) electrons. The fourth-order valence-corrected chi connectivity index (χ4v) is 2.13. The average Bonchev–Trinajstić information content (AvgIpc) is 3.26. The molecule has 5 heteroatoms. The Hall–Kier alpha value is -1.26. The molecule has 1 saturated carbocycles. The van der Waals surface area contributed by atoms with E-state index in [1.807, 2.05) is 18.2 Å². The van der Waals surface area contributed by atoms with E-state index in [1.165, 1.54) is 12.8 Å². The first kappa shape index (κ1) is 16.1. The summed E-state index contributed by atoms with van der Waals surface area (Å²) in [5, 5.41) is 6.72. The van der Waals surface area contributed by atoms with Crippen molar-refractivity contribution in [3.8, 4) is 5.75 Å². The Labute approximate surface area is 131 Å². The van der Waals surface area contributed by atoms with Gasteiger partial charge in [-0.25, -0.2) is 0 Å². The molecule has 0 saturated heterocycles. The van der Waals surface area contributed by atoms with Crippen LogP contribution in [0, 0.1) is 5.92 Å². The maximum atomic E-state index is 11.6. The highest BCUT2D eigenvalue weighted by molar-refractivity contribution is 6.32. The highest BCUT2D eigenvalue weighted by Gasteiger charge is 2.21. The molecule has 21 heavy (non-hydrogen) atoms. The molecule has 0 heterocycles. The van der Waals surface area contributed by atoms with Crippen LogP contribution in [-0.2, 0) is 11.3 Å². The van der Waals surface area contributed by atoms with Gasteiger partial charge in [0.15, 0.2) is 6.61 Å². The molecular formula is C16H23ClN2O2. The number of halogens is 1. The molecule has 1 aromatic carbocycles. The number of benzene rings is 1. The van der Waals surface area contributed by atoms with E-state index in [9.17, 15) is 4.79 Å². The highest BCUT2D eigenvalue weighted by Crippen LogP contribution is 2.27. The largest absolute Gasteiger partial charge is 0.482 e. The van der Waals surface area contributed by atoms with Gasteiger partial charge in [0.1, 0.15) is 5.75 Å². The number of rotatable bonds is 8. The third-order valence-electron chi connectivity index (χ3n) is 3.35. The lowest BCUT2D eigenvalue weighted by atomic mass is 10.2. The third-order valence-corrected chi connectivity index (χ3v) is 3.65. The predicted molar refractivity (Wildman–Crippen MR) is 84.7 cm³/mol. The molecule has 1 aliphatic rings. The highest BCUT2D eigenvalue weighted by atomic mass is 35.5. The molecule has 1 fully saturated rings. The molecule has 0 aromatic heterocycles. The average molecular weight is 311 g/mol. The number of carbonyl (C=O) groups excluding carboxylic acids is 1. The minimum absolute atomic E-state index is 0.00995. The zero-order valence-electron chi connectivity index (χ0n) is 12.6. The first-order valence-corrected chi connectivity index (χ1v) is 7.83. The van der Waals surface area contributed by atoms with Crippen LogP contribution in [0.25, 0.3) is 0 Å². The number of carbonyl (C=O) groups is 1. The maximum absolute atomic E-state index is 11.6. The van der Waals surface area contributed by atoms with E-state index in [4.69, 9.17) is 16.3 Å².